The van der Waals surface area contributed by atoms with E-state index in [2.05, 4.69) is 37.2 Å². The molecule has 0 spiro atoms. The number of hydrogen-bond donors (Lipinski definition) is 2. The second-order valence-corrected chi connectivity index (χ2v) is 14.7. The summed E-state index contributed by atoms with van der Waals surface area (Å²) in [6, 6.07) is 15.1. The number of aliphatic carboxylic acids is 1. The predicted octanol–water partition coefficient (Wildman–Crippen LogP) is 5.92. The largest absolute Gasteiger partial charge is 0.480 e. The molecule has 0 atom stereocenters. The van der Waals surface area contributed by atoms with Gasteiger partial charge in [0.2, 0.25) is 5.55 Å². The quantitative estimate of drug-likeness (QED) is 0.429. The van der Waals surface area contributed by atoms with Crippen LogP contribution in [0.2, 0.25) is 0 Å². The van der Waals surface area contributed by atoms with E-state index in [1.807, 2.05) is 48.5 Å². The van der Waals surface area contributed by atoms with Gasteiger partial charge in [-0.1, -0.05) is 31.9 Å². The summed E-state index contributed by atoms with van der Waals surface area (Å²) in [6.45, 7) is -0.216. The van der Waals surface area contributed by atoms with Crippen molar-refractivity contribution in [2.75, 3.05) is 12.8 Å². The summed E-state index contributed by atoms with van der Waals surface area (Å²) in [5.41, 5.74) is -2.82. The summed E-state index contributed by atoms with van der Waals surface area (Å²) >= 11 is 9.32. The number of rotatable bonds is 8. The molecule has 24 heavy (non-hydrogen) atoms. The summed E-state index contributed by atoms with van der Waals surface area (Å²) in [7, 11) is 0. The summed E-state index contributed by atoms with van der Waals surface area (Å²) < 4.78 is 15.3. The molecule has 0 radical (unpaired) electrons. The summed E-state index contributed by atoms with van der Waals surface area (Å²) in [5, 5.41) is 11.5. The van der Waals surface area contributed by atoms with Gasteiger partial charge in [-0.25, -0.2) is 0 Å². The molecule has 0 saturated carbocycles. The molecular formula is C15H14Br2NO3PS2. The first-order valence-corrected chi connectivity index (χ1v) is 13.1. The Hall–Kier alpha value is -0.240. The lowest BCUT2D eigenvalue weighted by Gasteiger charge is -2.17. The van der Waals surface area contributed by atoms with E-state index >= 15 is 0 Å². The fourth-order valence-electron chi connectivity index (χ4n) is 1.70. The van der Waals surface area contributed by atoms with Gasteiger partial charge in [-0.05, 0) is 71.3 Å². The number of nitrogens with one attached hydrogen (secondary N) is 1. The molecule has 2 aromatic rings. The normalized spacial score (nSPS) is 11.4. The van der Waals surface area contributed by atoms with Crippen molar-refractivity contribution in [3.05, 3.63) is 57.5 Å². The van der Waals surface area contributed by atoms with Crippen LogP contribution in [0.15, 0.2) is 67.3 Å². The summed E-state index contributed by atoms with van der Waals surface area (Å²) in [4.78, 5) is 12.5. The minimum atomic E-state index is -2.82. The zero-order valence-corrected chi connectivity index (χ0v) is 18.0. The Bertz CT molecular complexity index is 690. The highest BCUT2D eigenvalue weighted by molar-refractivity contribution is 9.10. The fraction of sp³-hybridized carbons (Fsp3) is 0.133. The van der Waals surface area contributed by atoms with Crippen LogP contribution in [0.3, 0.4) is 0 Å². The van der Waals surface area contributed by atoms with Gasteiger partial charge in [0, 0.05) is 18.7 Å². The first-order valence-electron chi connectivity index (χ1n) is 6.78. The maximum absolute atomic E-state index is 13.4. The topological polar surface area (TPSA) is 66.4 Å². The maximum atomic E-state index is 13.4. The SMILES string of the molecule is O=C(O)CNCP(=O)(Sc1ccc(Br)cc1)Sc1ccc(Br)cc1. The fourth-order valence-corrected chi connectivity index (χ4v) is 9.52. The van der Waals surface area contributed by atoms with Gasteiger partial charge in [0.05, 0.1) is 12.8 Å². The molecule has 9 heteroatoms. The first kappa shape index (κ1) is 20.1. The number of carbonyl (C=O) groups is 1. The highest BCUT2D eigenvalue weighted by Crippen LogP contribution is 2.72. The molecule has 2 N–H and O–H groups in total. The lowest BCUT2D eigenvalue weighted by Crippen LogP contribution is -2.22. The molecule has 0 heterocycles. The number of hydrogen-bond acceptors (Lipinski definition) is 5. The smallest absolute Gasteiger partial charge is 0.317 e. The van der Waals surface area contributed by atoms with Gasteiger partial charge in [-0.15, -0.1) is 0 Å². The molecular weight excluding hydrogens is 497 g/mol. The van der Waals surface area contributed by atoms with E-state index in [1.54, 1.807) is 0 Å². The molecule has 0 aliphatic rings. The summed E-state index contributed by atoms with van der Waals surface area (Å²) in [5.74, 6) is -0.969. The van der Waals surface area contributed by atoms with Gasteiger partial charge in [0.15, 0.2) is 0 Å². The lowest BCUT2D eigenvalue weighted by atomic mass is 10.4. The van der Waals surface area contributed by atoms with Crippen LogP contribution in [-0.4, -0.2) is 23.9 Å². The van der Waals surface area contributed by atoms with E-state index in [9.17, 15) is 9.36 Å². The lowest BCUT2D eigenvalue weighted by molar-refractivity contribution is -0.135. The van der Waals surface area contributed by atoms with Crippen LogP contribution < -0.4 is 5.32 Å². The zero-order valence-electron chi connectivity index (χ0n) is 12.3. The van der Waals surface area contributed by atoms with Gasteiger partial charge < -0.3 is 5.11 Å². The molecule has 2 rings (SSSR count). The molecule has 0 aliphatic heterocycles. The van der Waals surface area contributed by atoms with Gasteiger partial charge in [0.25, 0.3) is 0 Å². The molecule has 0 aliphatic carbocycles. The Kier molecular flexibility index (Phi) is 7.91. The molecule has 4 nitrogen and oxygen atoms in total. The number of benzene rings is 2. The highest BCUT2D eigenvalue weighted by Gasteiger charge is 2.26. The van der Waals surface area contributed by atoms with Gasteiger partial charge in [-0.3, -0.25) is 14.7 Å². The molecule has 0 aromatic heterocycles. The van der Waals surface area contributed by atoms with E-state index in [4.69, 9.17) is 5.11 Å². The molecule has 0 unspecified atom stereocenters. The van der Waals surface area contributed by atoms with Crippen molar-refractivity contribution >= 4 is 66.1 Å². The highest BCUT2D eigenvalue weighted by atomic mass is 79.9. The maximum Gasteiger partial charge on any atom is 0.317 e. The second kappa shape index (κ2) is 9.46. The molecule has 2 aromatic carbocycles. The van der Waals surface area contributed by atoms with Crippen molar-refractivity contribution in [3.63, 3.8) is 0 Å². The van der Waals surface area contributed by atoms with E-state index in [0.717, 1.165) is 18.7 Å². The second-order valence-electron chi connectivity index (χ2n) is 4.68. The van der Waals surface area contributed by atoms with Gasteiger partial charge >= 0.3 is 5.97 Å². The molecule has 0 amide bonds. The molecule has 128 valence electrons. The Morgan fingerprint density at radius 3 is 1.75 bits per heavy atom. The van der Waals surface area contributed by atoms with Crippen LogP contribution in [-0.2, 0) is 9.36 Å². The van der Waals surface area contributed by atoms with E-state index in [1.165, 1.54) is 22.8 Å². The number of carboxylic acid groups (broad SMARTS) is 1. The number of carboxylic acids is 1. The Balaban J connectivity index is 2.15. The van der Waals surface area contributed by atoms with Crippen molar-refractivity contribution in [3.8, 4) is 0 Å². The van der Waals surface area contributed by atoms with Crippen LogP contribution in [0.4, 0.5) is 0 Å². The van der Waals surface area contributed by atoms with Crippen LogP contribution in [0.1, 0.15) is 0 Å². The van der Waals surface area contributed by atoms with Crippen molar-refractivity contribution in [2.45, 2.75) is 9.79 Å². The standard InChI is InChI=1S/C15H14Br2NO3PS2/c16-11-1-5-13(6-2-11)23-22(21,10-18-9-15(19)20)24-14-7-3-12(17)4-8-14/h1-8,18H,9-10H2,(H,19,20). The average Bonchev–Trinajstić information content (AvgIpc) is 2.51. The average molecular weight is 511 g/mol. The first-order chi connectivity index (χ1) is 11.4. The molecule has 0 saturated heterocycles. The third-order valence-electron chi connectivity index (χ3n) is 2.70. The van der Waals surface area contributed by atoms with Gasteiger partial charge in [0.1, 0.15) is 0 Å². The van der Waals surface area contributed by atoms with E-state index < -0.39 is 11.5 Å². The zero-order chi connectivity index (χ0) is 17.6. The van der Waals surface area contributed by atoms with Crippen LogP contribution >= 0.6 is 60.2 Å². The minimum Gasteiger partial charge on any atom is -0.480 e. The Morgan fingerprint density at radius 1 is 0.958 bits per heavy atom. The van der Waals surface area contributed by atoms with E-state index in [-0.39, 0.29) is 12.8 Å². The Morgan fingerprint density at radius 2 is 1.38 bits per heavy atom. The number of halogens is 2. The van der Waals surface area contributed by atoms with Crippen molar-refractivity contribution in [1.29, 1.82) is 0 Å². The van der Waals surface area contributed by atoms with Crippen LogP contribution in [0.25, 0.3) is 0 Å². The third kappa shape index (κ3) is 6.94. The van der Waals surface area contributed by atoms with Crippen LogP contribution in [0, 0.1) is 0 Å². The van der Waals surface area contributed by atoms with Crippen molar-refractivity contribution in [2.24, 2.45) is 0 Å². The summed E-state index contributed by atoms with van der Waals surface area (Å²) in [6.07, 6.45) is 0.126. The monoisotopic (exact) mass is 509 g/mol. The molecule has 0 bridgehead atoms. The van der Waals surface area contributed by atoms with Crippen molar-refractivity contribution in [1.82, 2.24) is 5.32 Å². The van der Waals surface area contributed by atoms with Crippen molar-refractivity contribution < 1.29 is 14.5 Å². The van der Waals surface area contributed by atoms with E-state index in [0.29, 0.717) is 0 Å². The molecule has 0 fully saturated rings. The minimum absolute atomic E-state index is 0.126. The van der Waals surface area contributed by atoms with Crippen LogP contribution in [0.5, 0.6) is 0 Å². The van der Waals surface area contributed by atoms with Gasteiger partial charge in [-0.2, -0.15) is 0 Å². The predicted molar refractivity (Wildman–Crippen MR) is 108 cm³/mol. The Labute approximate surface area is 165 Å². The third-order valence-corrected chi connectivity index (χ3v) is 10.9.